The summed E-state index contributed by atoms with van der Waals surface area (Å²) in [6.07, 6.45) is 7.21. The predicted molar refractivity (Wildman–Crippen MR) is 125 cm³/mol. The summed E-state index contributed by atoms with van der Waals surface area (Å²) in [7, 11) is 4.96. The maximum atomic E-state index is 12.8. The first-order valence-corrected chi connectivity index (χ1v) is 10.9. The Kier molecular flexibility index (Phi) is 8.37. The van der Waals surface area contributed by atoms with Gasteiger partial charge in [0.1, 0.15) is 18.8 Å². The number of hydrogen-bond donors (Lipinski definition) is 1. The Morgan fingerprint density at radius 2 is 1.82 bits per heavy atom. The SMILES string of the molecule is CCCCCN(C)C1=CC(=O)C(Nc2ncnc3cc(OCCOC)c(OC)cc23)=CC1=O. The van der Waals surface area contributed by atoms with Crippen LogP contribution in [0.3, 0.4) is 0 Å². The first kappa shape index (κ1) is 24.2. The van der Waals surface area contributed by atoms with Crippen molar-refractivity contribution in [2.45, 2.75) is 26.2 Å². The zero-order valence-corrected chi connectivity index (χ0v) is 19.5. The Bertz CT molecular complexity index is 1080. The van der Waals surface area contributed by atoms with Crippen molar-refractivity contribution in [1.29, 1.82) is 0 Å². The molecule has 0 spiro atoms. The Labute approximate surface area is 193 Å². The second-order valence-corrected chi connectivity index (χ2v) is 7.65. The number of allylic oxidation sites excluding steroid dienone is 2. The van der Waals surface area contributed by atoms with E-state index in [1.165, 1.54) is 25.6 Å². The minimum atomic E-state index is -0.287. The molecule has 0 saturated heterocycles. The molecule has 0 saturated carbocycles. The molecule has 1 N–H and O–H groups in total. The number of carbonyl (C=O) groups is 2. The van der Waals surface area contributed by atoms with Gasteiger partial charge in [0.15, 0.2) is 11.5 Å². The minimum Gasteiger partial charge on any atom is -0.493 e. The highest BCUT2D eigenvalue weighted by Crippen LogP contribution is 2.34. The van der Waals surface area contributed by atoms with Crippen LogP contribution in [0.5, 0.6) is 11.5 Å². The Morgan fingerprint density at radius 3 is 2.55 bits per heavy atom. The van der Waals surface area contributed by atoms with Crippen molar-refractivity contribution in [3.05, 3.63) is 42.0 Å². The fraction of sp³-hybridized carbons (Fsp3) is 0.417. The van der Waals surface area contributed by atoms with Gasteiger partial charge in [-0.15, -0.1) is 0 Å². The Morgan fingerprint density at radius 1 is 1.00 bits per heavy atom. The van der Waals surface area contributed by atoms with Crippen molar-refractivity contribution in [2.75, 3.05) is 46.3 Å². The first-order chi connectivity index (χ1) is 16.0. The molecule has 1 aromatic carbocycles. The van der Waals surface area contributed by atoms with Crippen molar-refractivity contribution in [3.8, 4) is 11.5 Å². The molecule has 176 valence electrons. The van der Waals surface area contributed by atoms with Gasteiger partial charge in [-0.3, -0.25) is 9.59 Å². The molecule has 1 aliphatic rings. The van der Waals surface area contributed by atoms with Crippen LogP contribution in [0.1, 0.15) is 26.2 Å². The van der Waals surface area contributed by atoms with Crippen molar-refractivity contribution in [2.24, 2.45) is 0 Å². The van der Waals surface area contributed by atoms with E-state index in [9.17, 15) is 9.59 Å². The highest BCUT2D eigenvalue weighted by molar-refractivity contribution is 6.21. The van der Waals surface area contributed by atoms with Crippen molar-refractivity contribution < 1.29 is 23.8 Å². The molecule has 0 radical (unpaired) electrons. The standard InChI is InChI=1S/C24H30N4O5/c1-5-6-7-8-28(2)19-14-20(29)18(12-21(19)30)27-24-16-11-22(32-4)23(33-10-9-31-3)13-17(16)25-15-26-24/h11-15H,5-10H2,1-4H3,(H,25,26,27). The molecule has 0 bridgehead atoms. The van der Waals surface area contributed by atoms with Crippen molar-refractivity contribution >= 4 is 28.3 Å². The number of rotatable bonds is 12. The number of aromatic nitrogens is 2. The summed E-state index contributed by atoms with van der Waals surface area (Å²) in [4.78, 5) is 35.9. The third-order valence-electron chi connectivity index (χ3n) is 5.29. The molecule has 1 aliphatic carbocycles. The average molecular weight is 455 g/mol. The number of ether oxygens (including phenoxy) is 3. The second-order valence-electron chi connectivity index (χ2n) is 7.65. The van der Waals surface area contributed by atoms with Gasteiger partial charge in [-0.05, 0) is 12.5 Å². The normalized spacial score (nSPS) is 13.6. The van der Waals surface area contributed by atoms with Crippen LogP contribution in [0.4, 0.5) is 5.82 Å². The number of nitrogens with one attached hydrogen (secondary N) is 1. The molecular weight excluding hydrogens is 424 g/mol. The molecular formula is C24H30N4O5. The molecule has 0 amide bonds. The van der Waals surface area contributed by atoms with Gasteiger partial charge in [0.05, 0.1) is 30.6 Å². The zero-order chi connectivity index (χ0) is 23.8. The minimum absolute atomic E-state index is 0.157. The summed E-state index contributed by atoms with van der Waals surface area (Å²) in [5.74, 6) is 0.897. The molecule has 3 rings (SSSR count). The predicted octanol–water partition coefficient (Wildman–Crippen LogP) is 3.12. The number of benzene rings is 1. The van der Waals surface area contributed by atoms with Crippen LogP contribution >= 0.6 is 0 Å². The van der Waals surface area contributed by atoms with E-state index in [0.717, 1.165) is 25.8 Å². The van der Waals surface area contributed by atoms with Crippen LogP contribution in [0.15, 0.2) is 42.0 Å². The molecule has 2 aromatic rings. The molecule has 0 aliphatic heterocycles. The van der Waals surface area contributed by atoms with Gasteiger partial charge in [0.25, 0.3) is 0 Å². The number of anilines is 1. The van der Waals surface area contributed by atoms with E-state index < -0.39 is 0 Å². The number of hydrogen-bond acceptors (Lipinski definition) is 9. The van der Waals surface area contributed by atoms with Crippen LogP contribution in [-0.2, 0) is 14.3 Å². The first-order valence-electron chi connectivity index (χ1n) is 10.9. The summed E-state index contributed by atoms with van der Waals surface area (Å²) in [6.45, 7) is 3.64. The number of likely N-dealkylation sites (N-methyl/N-ethyl adjacent to an activating group) is 1. The summed E-state index contributed by atoms with van der Waals surface area (Å²) in [5.41, 5.74) is 1.15. The van der Waals surface area contributed by atoms with Crippen LogP contribution in [0, 0.1) is 0 Å². The molecule has 0 fully saturated rings. The summed E-state index contributed by atoms with van der Waals surface area (Å²) >= 11 is 0. The van der Waals surface area contributed by atoms with Crippen molar-refractivity contribution in [1.82, 2.24) is 14.9 Å². The van der Waals surface area contributed by atoms with E-state index >= 15 is 0 Å². The number of unbranched alkanes of at least 4 members (excludes halogenated alkanes) is 2. The Balaban J connectivity index is 1.82. The van der Waals surface area contributed by atoms with Gasteiger partial charge >= 0.3 is 0 Å². The van der Waals surface area contributed by atoms with Gasteiger partial charge in [-0.25, -0.2) is 9.97 Å². The lowest BCUT2D eigenvalue weighted by Crippen LogP contribution is -2.29. The number of fused-ring (bicyclic) bond motifs is 1. The maximum Gasteiger partial charge on any atom is 0.204 e. The van der Waals surface area contributed by atoms with Gasteiger partial charge in [0, 0.05) is 44.3 Å². The summed E-state index contributed by atoms with van der Waals surface area (Å²) in [5, 5.41) is 3.63. The van der Waals surface area contributed by atoms with Crippen LogP contribution in [-0.4, -0.2) is 67.5 Å². The van der Waals surface area contributed by atoms with Crippen molar-refractivity contribution in [3.63, 3.8) is 0 Å². The van der Waals surface area contributed by atoms with Gasteiger partial charge in [0.2, 0.25) is 11.6 Å². The third kappa shape index (κ3) is 5.87. The number of methoxy groups -OCH3 is 2. The molecule has 1 heterocycles. The van der Waals surface area contributed by atoms with Gasteiger partial charge in [-0.1, -0.05) is 19.8 Å². The van der Waals surface area contributed by atoms with E-state index in [1.54, 1.807) is 19.2 Å². The topological polar surface area (TPSA) is 103 Å². The molecule has 9 nitrogen and oxygen atoms in total. The van der Waals surface area contributed by atoms with Crippen LogP contribution in [0.25, 0.3) is 10.9 Å². The quantitative estimate of drug-likeness (QED) is 0.383. The average Bonchev–Trinajstić information content (AvgIpc) is 2.81. The lowest BCUT2D eigenvalue weighted by Gasteiger charge is -2.23. The highest BCUT2D eigenvalue weighted by Gasteiger charge is 2.24. The second kappa shape index (κ2) is 11.4. The fourth-order valence-electron chi connectivity index (χ4n) is 3.46. The number of ketones is 2. The molecule has 1 aromatic heterocycles. The molecule has 9 heteroatoms. The van der Waals surface area contributed by atoms with E-state index in [-0.39, 0.29) is 17.3 Å². The summed E-state index contributed by atoms with van der Waals surface area (Å²) in [6, 6.07) is 3.47. The van der Waals surface area contributed by atoms with Crippen LogP contribution < -0.4 is 14.8 Å². The maximum absolute atomic E-state index is 12.8. The van der Waals surface area contributed by atoms with E-state index in [4.69, 9.17) is 14.2 Å². The van der Waals surface area contributed by atoms with E-state index in [0.29, 0.717) is 47.1 Å². The smallest absolute Gasteiger partial charge is 0.204 e. The lowest BCUT2D eigenvalue weighted by molar-refractivity contribution is -0.116. The largest absolute Gasteiger partial charge is 0.493 e. The molecule has 0 atom stereocenters. The van der Waals surface area contributed by atoms with Gasteiger partial charge < -0.3 is 24.4 Å². The third-order valence-corrected chi connectivity index (χ3v) is 5.29. The summed E-state index contributed by atoms with van der Waals surface area (Å²) < 4.78 is 16.2. The van der Waals surface area contributed by atoms with E-state index in [2.05, 4.69) is 22.2 Å². The van der Waals surface area contributed by atoms with Crippen LogP contribution in [0.2, 0.25) is 0 Å². The highest BCUT2D eigenvalue weighted by atomic mass is 16.5. The lowest BCUT2D eigenvalue weighted by atomic mass is 10.0. The van der Waals surface area contributed by atoms with E-state index in [1.807, 2.05) is 11.9 Å². The zero-order valence-electron chi connectivity index (χ0n) is 19.5. The fourth-order valence-corrected chi connectivity index (χ4v) is 3.46. The number of nitrogens with zero attached hydrogens (tertiary/aromatic N) is 3. The molecule has 33 heavy (non-hydrogen) atoms. The number of carbonyl (C=O) groups excluding carboxylic acids is 2. The van der Waals surface area contributed by atoms with Gasteiger partial charge in [-0.2, -0.15) is 0 Å². The Hall–Kier alpha value is -3.46. The molecule has 0 unspecified atom stereocenters. The monoisotopic (exact) mass is 454 g/mol.